The van der Waals surface area contributed by atoms with Crippen molar-refractivity contribution in [2.75, 3.05) is 19.5 Å². The summed E-state index contributed by atoms with van der Waals surface area (Å²) in [5, 5.41) is 2.59. The molecule has 0 radical (unpaired) electrons. The molecule has 1 aromatic carbocycles. The average Bonchev–Trinajstić information content (AvgIpc) is 2.97. The maximum absolute atomic E-state index is 15.2. The van der Waals surface area contributed by atoms with Gasteiger partial charge in [0.2, 0.25) is 5.88 Å². The zero-order valence-electron chi connectivity index (χ0n) is 24.0. The number of aryl methyl sites for hydroxylation is 1. The van der Waals surface area contributed by atoms with Crippen molar-refractivity contribution in [3.05, 3.63) is 94.4 Å². The number of amides is 1. The number of aromatic nitrogens is 4. The Morgan fingerprint density at radius 2 is 1.72 bits per heavy atom. The number of carbonyl (C=O) groups is 1. The van der Waals surface area contributed by atoms with Gasteiger partial charge in [0.1, 0.15) is 11.1 Å². The molecule has 0 saturated heterocycles. The number of ether oxygens (including phenoxy) is 4. The van der Waals surface area contributed by atoms with Crippen LogP contribution in [-0.2, 0) is 0 Å². The molecule has 5 rings (SSSR count). The highest BCUT2D eigenvalue weighted by atomic mass is 19.1. The first-order valence-corrected chi connectivity index (χ1v) is 13.2. The van der Waals surface area contributed by atoms with Gasteiger partial charge in [-0.05, 0) is 51.1 Å². The fraction of sp³-hybridized carbons (Fsp3) is 0.194. The quantitative estimate of drug-likeness (QED) is 0.240. The lowest BCUT2D eigenvalue weighted by Gasteiger charge is -2.14. The van der Waals surface area contributed by atoms with Gasteiger partial charge in [0.15, 0.2) is 23.1 Å². The number of halogens is 1. The molecule has 0 bridgehead atoms. The number of carbonyl (C=O) groups excluding carboxylic acids is 1. The predicted molar refractivity (Wildman–Crippen MR) is 157 cm³/mol. The highest BCUT2D eigenvalue weighted by Gasteiger charge is 2.18. The van der Waals surface area contributed by atoms with Crippen molar-refractivity contribution in [3.8, 4) is 34.7 Å². The molecule has 1 N–H and O–H groups in total. The monoisotopic (exact) mass is 585 g/mol. The Morgan fingerprint density at radius 3 is 2.44 bits per heavy atom. The second kappa shape index (κ2) is 12.1. The third kappa shape index (κ3) is 6.08. The summed E-state index contributed by atoms with van der Waals surface area (Å²) < 4.78 is 38.5. The molecule has 0 aliphatic carbocycles. The third-order valence-corrected chi connectivity index (χ3v) is 6.29. The van der Waals surface area contributed by atoms with E-state index in [4.69, 9.17) is 18.9 Å². The highest BCUT2D eigenvalue weighted by Crippen LogP contribution is 2.35. The average molecular weight is 586 g/mol. The molecule has 0 spiro atoms. The van der Waals surface area contributed by atoms with Gasteiger partial charge in [0.05, 0.1) is 31.5 Å². The van der Waals surface area contributed by atoms with E-state index in [-0.39, 0.29) is 34.7 Å². The van der Waals surface area contributed by atoms with Gasteiger partial charge in [-0.2, -0.15) is 0 Å². The molecule has 12 heteroatoms. The van der Waals surface area contributed by atoms with Crippen LogP contribution in [0, 0.1) is 12.7 Å². The largest absolute Gasteiger partial charge is 0.491 e. The number of hydrogen-bond acceptors (Lipinski definition) is 9. The van der Waals surface area contributed by atoms with Gasteiger partial charge >= 0.3 is 0 Å². The van der Waals surface area contributed by atoms with Crippen molar-refractivity contribution < 1.29 is 28.1 Å². The first kappa shape index (κ1) is 29.0. The van der Waals surface area contributed by atoms with Crippen LogP contribution in [0.2, 0.25) is 0 Å². The first-order chi connectivity index (χ1) is 20.7. The van der Waals surface area contributed by atoms with Crippen molar-refractivity contribution >= 4 is 22.6 Å². The summed E-state index contributed by atoms with van der Waals surface area (Å²) in [6.07, 6.45) is 2.91. The van der Waals surface area contributed by atoms with Gasteiger partial charge in [0.25, 0.3) is 17.3 Å². The van der Waals surface area contributed by atoms with E-state index >= 15 is 4.39 Å². The maximum Gasteiger partial charge on any atom is 0.268 e. The summed E-state index contributed by atoms with van der Waals surface area (Å²) >= 11 is 0. The molecule has 0 unspecified atom stereocenters. The van der Waals surface area contributed by atoms with Crippen LogP contribution >= 0.6 is 0 Å². The van der Waals surface area contributed by atoms with E-state index in [0.717, 1.165) is 6.07 Å². The van der Waals surface area contributed by atoms with Crippen molar-refractivity contribution in [3.63, 3.8) is 0 Å². The number of rotatable bonds is 9. The minimum absolute atomic E-state index is 0.108. The molecule has 11 nitrogen and oxygen atoms in total. The van der Waals surface area contributed by atoms with Crippen LogP contribution in [0.4, 0.5) is 10.1 Å². The highest BCUT2D eigenvalue weighted by molar-refractivity contribution is 6.04. The number of nitrogens with one attached hydrogen (secondary N) is 1. The molecule has 0 saturated carbocycles. The van der Waals surface area contributed by atoms with E-state index in [1.165, 1.54) is 49.4 Å². The summed E-state index contributed by atoms with van der Waals surface area (Å²) in [5.41, 5.74) is 1.33. The van der Waals surface area contributed by atoms with Crippen LogP contribution < -0.4 is 29.8 Å². The molecule has 5 aromatic rings. The fourth-order valence-electron chi connectivity index (χ4n) is 4.33. The van der Waals surface area contributed by atoms with Crippen molar-refractivity contribution in [2.45, 2.75) is 26.9 Å². The number of benzene rings is 1. The second-order valence-corrected chi connectivity index (χ2v) is 9.63. The molecule has 220 valence electrons. The standard InChI is InChI=1S/C31H28FN5O6/c1-17(2)42-27-15-20(10-12-34-27)37-18(3)6-8-21(31(37)39)29(38)35-19-7-9-24(22(32)14-19)43-25-11-13-33-23-16-26(40-4)30(41-5)36-28(23)25/h6-17H,1-5H3,(H,35,38). The number of nitrogens with zero attached hydrogens (tertiary/aromatic N) is 4. The van der Waals surface area contributed by atoms with Gasteiger partial charge in [-0.3, -0.25) is 19.1 Å². The number of pyridine rings is 4. The van der Waals surface area contributed by atoms with Crippen LogP contribution in [0.15, 0.2) is 71.8 Å². The van der Waals surface area contributed by atoms with Gasteiger partial charge in [-0.1, -0.05) is 0 Å². The molecule has 0 aliphatic heterocycles. The molecule has 4 heterocycles. The Balaban J connectivity index is 1.39. The summed E-state index contributed by atoms with van der Waals surface area (Å²) in [6, 6.07) is 13.4. The SMILES string of the molecule is COc1cc2nccc(Oc3ccc(NC(=O)c4ccc(C)n(-c5ccnc(OC(C)C)c5)c4=O)cc3F)c2nc1OC. The van der Waals surface area contributed by atoms with E-state index in [1.807, 2.05) is 13.8 Å². The number of methoxy groups -OCH3 is 2. The lowest BCUT2D eigenvalue weighted by molar-refractivity contribution is 0.102. The first-order valence-electron chi connectivity index (χ1n) is 13.2. The van der Waals surface area contributed by atoms with Gasteiger partial charge in [-0.25, -0.2) is 14.4 Å². The van der Waals surface area contributed by atoms with Crippen LogP contribution in [0.5, 0.6) is 29.0 Å². The second-order valence-electron chi connectivity index (χ2n) is 9.63. The molecular formula is C31H28FN5O6. The molecule has 4 aromatic heterocycles. The molecule has 0 fully saturated rings. The lowest BCUT2D eigenvalue weighted by Crippen LogP contribution is -2.29. The maximum atomic E-state index is 15.2. The van der Waals surface area contributed by atoms with E-state index in [1.54, 1.807) is 37.3 Å². The summed E-state index contributed by atoms with van der Waals surface area (Å²) in [4.78, 5) is 39.3. The van der Waals surface area contributed by atoms with Crippen LogP contribution in [0.1, 0.15) is 29.9 Å². The van der Waals surface area contributed by atoms with Crippen LogP contribution in [-0.4, -0.2) is 45.7 Å². The Hall–Kier alpha value is -5.52. The Labute approximate surface area is 245 Å². The predicted octanol–water partition coefficient (Wildman–Crippen LogP) is 5.47. The van der Waals surface area contributed by atoms with Crippen molar-refractivity contribution in [2.24, 2.45) is 0 Å². The number of anilines is 1. The zero-order chi connectivity index (χ0) is 30.7. The summed E-state index contributed by atoms with van der Waals surface area (Å²) in [5.74, 6) is -0.381. The number of hydrogen-bond donors (Lipinski definition) is 1. The smallest absolute Gasteiger partial charge is 0.268 e. The number of fused-ring (bicyclic) bond motifs is 1. The van der Waals surface area contributed by atoms with E-state index in [9.17, 15) is 9.59 Å². The Morgan fingerprint density at radius 1 is 0.930 bits per heavy atom. The van der Waals surface area contributed by atoms with E-state index in [0.29, 0.717) is 34.0 Å². The van der Waals surface area contributed by atoms with Gasteiger partial charge < -0.3 is 24.3 Å². The van der Waals surface area contributed by atoms with E-state index < -0.39 is 17.3 Å². The lowest BCUT2D eigenvalue weighted by atomic mass is 10.2. The summed E-state index contributed by atoms with van der Waals surface area (Å²) in [7, 11) is 2.93. The minimum atomic E-state index is -0.751. The normalized spacial score (nSPS) is 11.0. The van der Waals surface area contributed by atoms with Gasteiger partial charge in [-0.15, -0.1) is 0 Å². The summed E-state index contributed by atoms with van der Waals surface area (Å²) in [6.45, 7) is 5.48. The minimum Gasteiger partial charge on any atom is -0.491 e. The molecule has 0 atom stereocenters. The van der Waals surface area contributed by atoms with Crippen molar-refractivity contribution in [1.82, 2.24) is 19.5 Å². The Kier molecular flexibility index (Phi) is 8.19. The third-order valence-electron chi connectivity index (χ3n) is 6.29. The van der Waals surface area contributed by atoms with Gasteiger partial charge in [0, 0.05) is 48.0 Å². The fourth-order valence-corrected chi connectivity index (χ4v) is 4.33. The molecular weight excluding hydrogens is 557 g/mol. The molecule has 0 aliphatic rings. The van der Waals surface area contributed by atoms with Crippen LogP contribution in [0.25, 0.3) is 16.7 Å². The van der Waals surface area contributed by atoms with Crippen molar-refractivity contribution in [1.29, 1.82) is 0 Å². The Bertz CT molecular complexity index is 1890. The van der Waals surface area contributed by atoms with Crippen LogP contribution in [0.3, 0.4) is 0 Å². The topological polar surface area (TPSA) is 127 Å². The molecule has 43 heavy (non-hydrogen) atoms. The van der Waals surface area contributed by atoms with E-state index in [2.05, 4.69) is 20.3 Å². The molecule has 1 amide bonds. The zero-order valence-corrected chi connectivity index (χ0v) is 24.0.